The van der Waals surface area contributed by atoms with E-state index < -0.39 is 27.3 Å². The second kappa shape index (κ2) is 9.47. The van der Waals surface area contributed by atoms with Gasteiger partial charge in [-0.2, -0.15) is 0 Å². The van der Waals surface area contributed by atoms with E-state index >= 15 is 0 Å². The van der Waals surface area contributed by atoms with E-state index in [1.807, 2.05) is 11.5 Å². The number of hydrogen-bond donors (Lipinski definition) is 1. The predicted molar refractivity (Wildman–Crippen MR) is 110 cm³/mol. The van der Waals surface area contributed by atoms with Gasteiger partial charge in [-0.05, 0) is 37.5 Å². The zero-order chi connectivity index (χ0) is 20.9. The van der Waals surface area contributed by atoms with E-state index in [9.17, 15) is 17.6 Å². The molecule has 0 saturated carbocycles. The summed E-state index contributed by atoms with van der Waals surface area (Å²) in [5, 5.41) is 10.9. The van der Waals surface area contributed by atoms with Gasteiger partial charge in [-0.3, -0.25) is 4.79 Å². The fraction of sp³-hybridized carbons (Fsp3) is 0.550. The SMILES string of the molecule is CCCCCS(=O)(=O)CC(=O)Nc1ccc(F)c(-c2nnc3n2CCCCC3)c1. The number of halogens is 1. The molecular formula is C20H27FN4O3S. The highest BCUT2D eigenvalue weighted by molar-refractivity contribution is 7.92. The maximum absolute atomic E-state index is 14.5. The number of nitrogens with zero attached hydrogens (tertiary/aromatic N) is 3. The van der Waals surface area contributed by atoms with Gasteiger partial charge in [0.1, 0.15) is 17.4 Å². The van der Waals surface area contributed by atoms with Crippen LogP contribution in [0.15, 0.2) is 18.2 Å². The van der Waals surface area contributed by atoms with Crippen molar-refractivity contribution >= 4 is 21.4 Å². The first-order valence-electron chi connectivity index (χ1n) is 10.1. The Hall–Kier alpha value is -2.29. The molecular weight excluding hydrogens is 395 g/mol. The van der Waals surface area contributed by atoms with Crippen molar-refractivity contribution in [2.45, 2.75) is 58.4 Å². The summed E-state index contributed by atoms with van der Waals surface area (Å²) < 4.78 is 40.6. The number of rotatable bonds is 8. The smallest absolute Gasteiger partial charge is 0.239 e. The Morgan fingerprint density at radius 1 is 1.21 bits per heavy atom. The van der Waals surface area contributed by atoms with Crippen LogP contribution in [0.3, 0.4) is 0 Å². The lowest BCUT2D eigenvalue weighted by atomic mass is 10.1. The summed E-state index contributed by atoms with van der Waals surface area (Å²) >= 11 is 0. The Kier molecular flexibility index (Phi) is 7.00. The Morgan fingerprint density at radius 3 is 2.83 bits per heavy atom. The average Bonchev–Trinajstić information content (AvgIpc) is 2.90. The molecule has 29 heavy (non-hydrogen) atoms. The molecule has 3 rings (SSSR count). The predicted octanol–water partition coefficient (Wildman–Crippen LogP) is 3.35. The molecule has 1 amide bonds. The number of aryl methyl sites for hydroxylation is 1. The third kappa shape index (κ3) is 5.62. The second-order valence-electron chi connectivity index (χ2n) is 7.44. The highest BCUT2D eigenvalue weighted by atomic mass is 32.2. The minimum atomic E-state index is -3.46. The number of hydrogen-bond acceptors (Lipinski definition) is 5. The minimum absolute atomic E-state index is 0.00515. The molecule has 158 valence electrons. The molecule has 2 aromatic rings. The van der Waals surface area contributed by atoms with Gasteiger partial charge in [0.2, 0.25) is 5.91 Å². The summed E-state index contributed by atoms with van der Waals surface area (Å²) in [5.41, 5.74) is 0.579. The summed E-state index contributed by atoms with van der Waals surface area (Å²) in [6.07, 6.45) is 6.17. The van der Waals surface area contributed by atoms with Crippen LogP contribution in [0.5, 0.6) is 0 Å². The Morgan fingerprint density at radius 2 is 2.03 bits per heavy atom. The van der Waals surface area contributed by atoms with Crippen LogP contribution in [0.4, 0.5) is 10.1 Å². The van der Waals surface area contributed by atoms with Gasteiger partial charge in [-0.25, -0.2) is 12.8 Å². The molecule has 1 aliphatic heterocycles. The lowest BCUT2D eigenvalue weighted by molar-refractivity contribution is -0.113. The van der Waals surface area contributed by atoms with E-state index in [-0.39, 0.29) is 11.3 Å². The molecule has 2 heterocycles. The van der Waals surface area contributed by atoms with Gasteiger partial charge < -0.3 is 9.88 Å². The topological polar surface area (TPSA) is 93.9 Å². The number of aromatic nitrogens is 3. The third-order valence-electron chi connectivity index (χ3n) is 5.01. The van der Waals surface area contributed by atoms with Crippen molar-refractivity contribution in [2.75, 3.05) is 16.8 Å². The zero-order valence-electron chi connectivity index (χ0n) is 16.7. The highest BCUT2D eigenvalue weighted by Crippen LogP contribution is 2.27. The quantitative estimate of drug-likeness (QED) is 0.659. The van der Waals surface area contributed by atoms with E-state index in [1.165, 1.54) is 18.2 Å². The molecule has 0 saturated heterocycles. The lowest BCUT2D eigenvalue weighted by Gasteiger charge is -2.11. The van der Waals surface area contributed by atoms with Crippen LogP contribution >= 0.6 is 0 Å². The largest absolute Gasteiger partial charge is 0.325 e. The normalized spacial score (nSPS) is 14.3. The number of anilines is 1. The van der Waals surface area contributed by atoms with E-state index in [1.54, 1.807) is 0 Å². The van der Waals surface area contributed by atoms with Crippen molar-refractivity contribution in [1.82, 2.24) is 14.8 Å². The van der Waals surface area contributed by atoms with Crippen LogP contribution < -0.4 is 5.32 Å². The average molecular weight is 423 g/mol. The van der Waals surface area contributed by atoms with Crippen LogP contribution in [0.25, 0.3) is 11.4 Å². The number of unbranched alkanes of at least 4 members (excludes halogenated alkanes) is 2. The number of carbonyl (C=O) groups excluding carboxylic acids is 1. The number of amides is 1. The molecule has 0 radical (unpaired) electrons. The summed E-state index contributed by atoms with van der Waals surface area (Å²) in [4.78, 5) is 12.2. The number of nitrogens with one attached hydrogen (secondary N) is 1. The summed E-state index contributed by atoms with van der Waals surface area (Å²) in [5.74, 6) is -0.403. The van der Waals surface area contributed by atoms with Crippen LogP contribution in [-0.4, -0.2) is 40.6 Å². The van der Waals surface area contributed by atoms with Crippen LogP contribution in [0.2, 0.25) is 0 Å². The van der Waals surface area contributed by atoms with Gasteiger partial charge in [0, 0.05) is 18.7 Å². The fourth-order valence-corrected chi connectivity index (χ4v) is 4.76. The van der Waals surface area contributed by atoms with Crippen molar-refractivity contribution in [1.29, 1.82) is 0 Å². The maximum Gasteiger partial charge on any atom is 0.239 e. The van der Waals surface area contributed by atoms with E-state index in [2.05, 4.69) is 15.5 Å². The third-order valence-corrected chi connectivity index (χ3v) is 6.62. The number of fused-ring (bicyclic) bond motifs is 1. The van der Waals surface area contributed by atoms with Gasteiger partial charge >= 0.3 is 0 Å². The number of sulfone groups is 1. The maximum atomic E-state index is 14.5. The molecule has 0 unspecified atom stereocenters. The molecule has 1 aliphatic rings. The standard InChI is InChI=1S/C20H27FN4O3S/c1-2-3-7-12-29(27,28)14-19(26)22-15-9-10-17(21)16(13-15)20-24-23-18-8-5-4-6-11-25(18)20/h9-10,13H,2-8,11-12,14H2,1H3,(H,22,26). The molecule has 9 heteroatoms. The van der Waals surface area contributed by atoms with Crippen LogP contribution in [0.1, 0.15) is 51.3 Å². The second-order valence-corrected chi connectivity index (χ2v) is 9.63. The summed E-state index contributed by atoms with van der Waals surface area (Å²) in [6.45, 7) is 2.71. The Balaban J connectivity index is 1.75. The van der Waals surface area contributed by atoms with Crippen molar-refractivity contribution in [2.24, 2.45) is 0 Å². The molecule has 0 aliphatic carbocycles. The molecule has 1 aromatic carbocycles. The summed E-state index contributed by atoms with van der Waals surface area (Å²) in [7, 11) is -3.46. The Bertz CT molecular complexity index is 972. The minimum Gasteiger partial charge on any atom is -0.325 e. The zero-order valence-corrected chi connectivity index (χ0v) is 17.5. The fourth-order valence-electron chi connectivity index (χ4n) is 3.50. The molecule has 0 fully saturated rings. The van der Waals surface area contributed by atoms with Crippen molar-refractivity contribution < 1.29 is 17.6 Å². The first-order chi connectivity index (χ1) is 13.9. The first-order valence-corrected chi connectivity index (χ1v) is 11.9. The lowest BCUT2D eigenvalue weighted by Crippen LogP contribution is -2.24. The van der Waals surface area contributed by atoms with Crippen LogP contribution in [-0.2, 0) is 27.6 Å². The van der Waals surface area contributed by atoms with Crippen molar-refractivity contribution in [3.63, 3.8) is 0 Å². The van der Waals surface area contributed by atoms with Crippen molar-refractivity contribution in [3.8, 4) is 11.4 Å². The molecule has 0 bridgehead atoms. The van der Waals surface area contributed by atoms with Gasteiger partial charge in [0.25, 0.3) is 0 Å². The molecule has 1 N–H and O–H groups in total. The van der Waals surface area contributed by atoms with Gasteiger partial charge in [-0.15, -0.1) is 10.2 Å². The number of carbonyl (C=O) groups is 1. The van der Waals surface area contributed by atoms with Crippen molar-refractivity contribution in [3.05, 3.63) is 29.8 Å². The molecule has 1 aromatic heterocycles. The molecule has 0 atom stereocenters. The van der Waals surface area contributed by atoms with Gasteiger partial charge in [0.15, 0.2) is 15.7 Å². The summed E-state index contributed by atoms with van der Waals surface area (Å²) in [6, 6.07) is 4.15. The molecule has 0 spiro atoms. The first kappa shape index (κ1) is 21.4. The van der Waals surface area contributed by atoms with E-state index in [0.29, 0.717) is 17.9 Å². The Labute approximate surface area is 170 Å². The van der Waals surface area contributed by atoms with Gasteiger partial charge in [-0.1, -0.05) is 26.2 Å². The monoisotopic (exact) mass is 422 g/mol. The van der Waals surface area contributed by atoms with E-state index in [4.69, 9.17) is 0 Å². The van der Waals surface area contributed by atoms with E-state index in [0.717, 1.165) is 50.9 Å². The highest BCUT2D eigenvalue weighted by Gasteiger charge is 2.20. The number of benzene rings is 1. The van der Waals surface area contributed by atoms with Gasteiger partial charge in [0.05, 0.1) is 11.3 Å². The molecule has 7 nitrogen and oxygen atoms in total. The van der Waals surface area contributed by atoms with Crippen LogP contribution in [0, 0.1) is 5.82 Å².